The van der Waals surface area contributed by atoms with Crippen molar-refractivity contribution in [3.05, 3.63) is 0 Å². The predicted octanol–water partition coefficient (Wildman–Crippen LogP) is 2.06. The first-order valence-corrected chi connectivity index (χ1v) is 8.04. The Kier molecular flexibility index (Phi) is 3.96. The van der Waals surface area contributed by atoms with Crippen LogP contribution >= 0.6 is 0 Å². The third-order valence-electron chi connectivity index (χ3n) is 5.39. The van der Waals surface area contributed by atoms with Crippen LogP contribution in [0.1, 0.15) is 44.9 Å². The van der Waals surface area contributed by atoms with E-state index in [0.717, 1.165) is 26.2 Å². The second-order valence-electron chi connectivity index (χ2n) is 6.57. The van der Waals surface area contributed by atoms with E-state index in [-0.39, 0.29) is 0 Å². The van der Waals surface area contributed by atoms with E-state index in [0.29, 0.717) is 11.4 Å². The molecule has 0 unspecified atom stereocenters. The molecule has 0 aromatic carbocycles. The first-order chi connectivity index (χ1) is 9.29. The summed E-state index contributed by atoms with van der Waals surface area (Å²) in [4.78, 5) is 16.6. The van der Waals surface area contributed by atoms with Gasteiger partial charge in [0.2, 0.25) is 0 Å². The molecule has 0 aliphatic carbocycles. The van der Waals surface area contributed by atoms with Gasteiger partial charge < -0.3 is 15.1 Å². The first-order valence-electron chi connectivity index (χ1n) is 8.04. The topological polar surface area (TPSA) is 35.6 Å². The number of likely N-dealkylation sites (tertiary alicyclic amines) is 2. The van der Waals surface area contributed by atoms with Crippen molar-refractivity contribution in [3.63, 3.8) is 0 Å². The minimum absolute atomic E-state index is 0.309. The van der Waals surface area contributed by atoms with Crippen LogP contribution < -0.4 is 5.32 Å². The molecule has 3 saturated heterocycles. The molecule has 108 valence electrons. The van der Waals surface area contributed by atoms with Crippen molar-refractivity contribution in [2.45, 2.75) is 44.9 Å². The van der Waals surface area contributed by atoms with Crippen molar-refractivity contribution >= 4 is 6.03 Å². The molecule has 0 radical (unpaired) electrons. The van der Waals surface area contributed by atoms with Gasteiger partial charge in [-0.05, 0) is 63.5 Å². The van der Waals surface area contributed by atoms with Crippen LogP contribution in [0.15, 0.2) is 0 Å². The van der Waals surface area contributed by atoms with Crippen LogP contribution in [0.2, 0.25) is 0 Å². The quantitative estimate of drug-likeness (QED) is 0.727. The number of hydrogen-bond acceptors (Lipinski definition) is 2. The zero-order valence-electron chi connectivity index (χ0n) is 12.0. The number of amides is 2. The van der Waals surface area contributed by atoms with Gasteiger partial charge in [-0.2, -0.15) is 0 Å². The maximum Gasteiger partial charge on any atom is 0.319 e. The van der Waals surface area contributed by atoms with E-state index < -0.39 is 0 Å². The highest BCUT2D eigenvalue weighted by atomic mass is 16.2. The van der Waals surface area contributed by atoms with E-state index in [4.69, 9.17) is 0 Å². The smallest absolute Gasteiger partial charge is 0.319 e. The van der Waals surface area contributed by atoms with Gasteiger partial charge in [-0.25, -0.2) is 4.79 Å². The van der Waals surface area contributed by atoms with E-state index in [1.54, 1.807) is 0 Å². The molecular formula is C15H27N3O. The maximum atomic E-state index is 12.5. The van der Waals surface area contributed by atoms with Gasteiger partial charge in [0.05, 0.1) is 0 Å². The Morgan fingerprint density at radius 3 is 2.00 bits per heavy atom. The summed E-state index contributed by atoms with van der Waals surface area (Å²) in [5, 5.41) is 3.45. The van der Waals surface area contributed by atoms with Crippen LogP contribution in [0.5, 0.6) is 0 Å². The van der Waals surface area contributed by atoms with E-state index in [1.165, 1.54) is 58.0 Å². The Morgan fingerprint density at radius 2 is 1.37 bits per heavy atom. The standard InChI is InChI=1S/C15H27N3O/c19-14(17-10-2-1-3-11-17)18-12-6-15(7-13-18)4-8-16-9-5-15/h16H,1-13H2. The van der Waals surface area contributed by atoms with Crippen LogP contribution in [0.4, 0.5) is 4.79 Å². The van der Waals surface area contributed by atoms with Gasteiger partial charge in [-0.15, -0.1) is 0 Å². The Bertz CT molecular complexity index is 309. The predicted molar refractivity (Wildman–Crippen MR) is 76.2 cm³/mol. The number of rotatable bonds is 0. The lowest BCUT2D eigenvalue weighted by molar-refractivity contribution is 0.0716. The molecule has 3 aliphatic rings. The maximum absolute atomic E-state index is 12.5. The Labute approximate surface area is 116 Å². The van der Waals surface area contributed by atoms with E-state index in [9.17, 15) is 4.79 Å². The summed E-state index contributed by atoms with van der Waals surface area (Å²) in [6.07, 6.45) is 8.71. The molecule has 2 amide bonds. The summed E-state index contributed by atoms with van der Waals surface area (Å²) in [7, 11) is 0. The largest absolute Gasteiger partial charge is 0.325 e. The van der Waals surface area contributed by atoms with Crippen LogP contribution in [-0.4, -0.2) is 55.1 Å². The van der Waals surface area contributed by atoms with Crippen LogP contribution in [0, 0.1) is 5.41 Å². The number of carbonyl (C=O) groups excluding carboxylic acids is 1. The SMILES string of the molecule is O=C(N1CCCCC1)N1CCC2(CCNCC2)CC1. The van der Waals surface area contributed by atoms with Crippen molar-refractivity contribution < 1.29 is 4.79 Å². The highest BCUT2D eigenvalue weighted by molar-refractivity contribution is 5.74. The van der Waals surface area contributed by atoms with Crippen LogP contribution in [-0.2, 0) is 0 Å². The fourth-order valence-corrected chi connectivity index (χ4v) is 3.91. The number of carbonyl (C=O) groups is 1. The minimum Gasteiger partial charge on any atom is -0.325 e. The Hall–Kier alpha value is -0.770. The van der Waals surface area contributed by atoms with E-state index in [1.807, 2.05) is 0 Å². The highest BCUT2D eigenvalue weighted by Gasteiger charge is 2.37. The van der Waals surface area contributed by atoms with Gasteiger partial charge in [0.15, 0.2) is 0 Å². The molecule has 0 bridgehead atoms. The number of nitrogens with one attached hydrogen (secondary N) is 1. The third kappa shape index (κ3) is 2.88. The molecule has 3 aliphatic heterocycles. The number of hydrogen-bond donors (Lipinski definition) is 1. The second-order valence-corrected chi connectivity index (χ2v) is 6.57. The molecule has 1 N–H and O–H groups in total. The fourth-order valence-electron chi connectivity index (χ4n) is 3.91. The molecule has 19 heavy (non-hydrogen) atoms. The molecule has 3 rings (SSSR count). The summed E-state index contributed by atoms with van der Waals surface area (Å²) in [5.74, 6) is 0. The molecule has 4 nitrogen and oxygen atoms in total. The van der Waals surface area contributed by atoms with Crippen LogP contribution in [0.25, 0.3) is 0 Å². The fraction of sp³-hybridized carbons (Fsp3) is 0.933. The minimum atomic E-state index is 0.309. The van der Waals surface area contributed by atoms with Crippen molar-refractivity contribution in [2.75, 3.05) is 39.3 Å². The lowest BCUT2D eigenvalue weighted by Gasteiger charge is -2.45. The first kappa shape index (κ1) is 13.2. The number of nitrogens with zero attached hydrogens (tertiary/aromatic N) is 2. The van der Waals surface area contributed by atoms with Gasteiger partial charge in [-0.3, -0.25) is 0 Å². The van der Waals surface area contributed by atoms with Gasteiger partial charge in [0.1, 0.15) is 0 Å². The van der Waals surface area contributed by atoms with Crippen molar-refractivity contribution in [3.8, 4) is 0 Å². The second kappa shape index (κ2) is 5.70. The molecule has 0 saturated carbocycles. The average Bonchev–Trinajstić information content (AvgIpc) is 2.49. The molecule has 4 heteroatoms. The van der Waals surface area contributed by atoms with Crippen molar-refractivity contribution in [1.82, 2.24) is 15.1 Å². The Morgan fingerprint density at radius 1 is 0.789 bits per heavy atom. The highest BCUT2D eigenvalue weighted by Crippen LogP contribution is 2.39. The van der Waals surface area contributed by atoms with E-state index in [2.05, 4.69) is 15.1 Å². The van der Waals surface area contributed by atoms with Gasteiger partial charge in [0, 0.05) is 26.2 Å². The summed E-state index contributed by atoms with van der Waals surface area (Å²) in [5.41, 5.74) is 0.546. The van der Waals surface area contributed by atoms with Crippen molar-refractivity contribution in [1.29, 1.82) is 0 Å². The molecule has 0 aromatic heterocycles. The lowest BCUT2D eigenvalue weighted by Crippen LogP contribution is -2.51. The number of urea groups is 1. The summed E-state index contributed by atoms with van der Waals surface area (Å²) >= 11 is 0. The molecule has 3 fully saturated rings. The zero-order valence-corrected chi connectivity index (χ0v) is 12.0. The monoisotopic (exact) mass is 265 g/mol. The lowest BCUT2D eigenvalue weighted by atomic mass is 9.72. The molecule has 3 heterocycles. The molecular weight excluding hydrogens is 238 g/mol. The van der Waals surface area contributed by atoms with Gasteiger partial charge in [0.25, 0.3) is 0 Å². The summed E-state index contributed by atoms with van der Waals surface area (Å²) < 4.78 is 0. The zero-order chi connectivity index (χ0) is 13.1. The van der Waals surface area contributed by atoms with E-state index >= 15 is 0 Å². The van der Waals surface area contributed by atoms with Crippen LogP contribution in [0.3, 0.4) is 0 Å². The molecule has 1 spiro atoms. The normalized spacial score (nSPS) is 27.6. The molecule has 0 atom stereocenters. The van der Waals surface area contributed by atoms with Crippen molar-refractivity contribution in [2.24, 2.45) is 5.41 Å². The summed E-state index contributed by atoms with van der Waals surface area (Å²) in [6, 6.07) is 0.309. The Balaban J connectivity index is 1.52. The molecule has 0 aromatic rings. The van der Waals surface area contributed by atoms with Gasteiger partial charge in [-0.1, -0.05) is 0 Å². The number of piperidine rings is 3. The van der Waals surface area contributed by atoms with Gasteiger partial charge >= 0.3 is 6.03 Å². The third-order valence-corrected chi connectivity index (χ3v) is 5.39. The summed E-state index contributed by atoms with van der Waals surface area (Å²) in [6.45, 7) is 6.25. The average molecular weight is 265 g/mol.